The molecule has 0 unspecified atom stereocenters. The standard InChI is InChI=1S/C8H10BN/c1-10-6-7-4-2-3-5-8(7)9/h2-5,10H,6H2,1H3. The molecule has 1 aromatic rings. The van der Waals surface area contributed by atoms with Gasteiger partial charge in [-0.05, 0) is 12.6 Å². The highest BCUT2D eigenvalue weighted by molar-refractivity contribution is 6.33. The molecule has 1 aromatic carbocycles. The molecule has 0 saturated carbocycles. The van der Waals surface area contributed by atoms with Gasteiger partial charge in [0.25, 0.3) is 0 Å². The van der Waals surface area contributed by atoms with Crippen molar-refractivity contribution in [1.29, 1.82) is 0 Å². The largest absolute Gasteiger partial charge is 0.316 e. The summed E-state index contributed by atoms with van der Waals surface area (Å²) in [5.74, 6) is 0. The maximum Gasteiger partial charge on any atom is 0.114 e. The van der Waals surface area contributed by atoms with E-state index in [2.05, 4.69) is 5.32 Å². The molecule has 0 aromatic heterocycles. The lowest BCUT2D eigenvalue weighted by Crippen LogP contribution is -2.15. The average molecular weight is 131 g/mol. The van der Waals surface area contributed by atoms with Gasteiger partial charge < -0.3 is 5.32 Å². The molecule has 0 spiro atoms. The van der Waals surface area contributed by atoms with Crippen LogP contribution in [0, 0.1) is 0 Å². The smallest absolute Gasteiger partial charge is 0.114 e. The van der Waals surface area contributed by atoms with Crippen molar-refractivity contribution in [2.24, 2.45) is 0 Å². The van der Waals surface area contributed by atoms with Crippen LogP contribution in [0.15, 0.2) is 24.3 Å². The van der Waals surface area contributed by atoms with Crippen LogP contribution in [-0.2, 0) is 6.54 Å². The van der Waals surface area contributed by atoms with E-state index in [4.69, 9.17) is 7.85 Å². The maximum atomic E-state index is 5.67. The molecular formula is C8H10BN. The Morgan fingerprint density at radius 3 is 2.70 bits per heavy atom. The molecule has 0 bridgehead atoms. The lowest BCUT2D eigenvalue weighted by atomic mass is 9.91. The van der Waals surface area contributed by atoms with E-state index in [1.165, 1.54) is 0 Å². The van der Waals surface area contributed by atoms with Gasteiger partial charge in [0.15, 0.2) is 0 Å². The predicted molar refractivity (Wildman–Crippen MR) is 44.6 cm³/mol. The van der Waals surface area contributed by atoms with Gasteiger partial charge in [-0.2, -0.15) is 0 Å². The van der Waals surface area contributed by atoms with E-state index in [0.717, 1.165) is 17.6 Å². The topological polar surface area (TPSA) is 12.0 Å². The van der Waals surface area contributed by atoms with Crippen LogP contribution in [0.4, 0.5) is 0 Å². The molecule has 0 aliphatic carbocycles. The number of rotatable bonds is 2. The number of hydrogen-bond acceptors (Lipinski definition) is 1. The van der Waals surface area contributed by atoms with Crippen LogP contribution >= 0.6 is 0 Å². The Balaban J connectivity index is 2.81. The summed E-state index contributed by atoms with van der Waals surface area (Å²) in [5, 5.41) is 3.04. The van der Waals surface area contributed by atoms with Crippen LogP contribution in [0.3, 0.4) is 0 Å². The first-order chi connectivity index (χ1) is 4.84. The molecule has 1 rings (SSSR count). The summed E-state index contributed by atoms with van der Waals surface area (Å²) >= 11 is 0. The number of hydrogen-bond donors (Lipinski definition) is 1. The molecule has 2 heteroatoms. The van der Waals surface area contributed by atoms with Crippen molar-refractivity contribution < 1.29 is 0 Å². The molecule has 50 valence electrons. The van der Waals surface area contributed by atoms with Crippen molar-refractivity contribution in [2.75, 3.05) is 7.05 Å². The van der Waals surface area contributed by atoms with Gasteiger partial charge in [0, 0.05) is 6.54 Å². The second kappa shape index (κ2) is 3.42. The maximum absolute atomic E-state index is 5.67. The summed E-state index contributed by atoms with van der Waals surface area (Å²) in [6.45, 7) is 0.840. The van der Waals surface area contributed by atoms with Crippen LogP contribution in [-0.4, -0.2) is 14.9 Å². The van der Waals surface area contributed by atoms with Crippen molar-refractivity contribution in [3.63, 3.8) is 0 Å². The summed E-state index contributed by atoms with van der Waals surface area (Å²) in [4.78, 5) is 0. The van der Waals surface area contributed by atoms with Crippen molar-refractivity contribution in [3.8, 4) is 0 Å². The van der Waals surface area contributed by atoms with Crippen LogP contribution in [0.25, 0.3) is 0 Å². The first-order valence-corrected chi connectivity index (χ1v) is 3.32. The Morgan fingerprint density at radius 2 is 2.10 bits per heavy atom. The van der Waals surface area contributed by atoms with Crippen LogP contribution in [0.1, 0.15) is 5.56 Å². The quantitative estimate of drug-likeness (QED) is 0.565. The third-order valence-electron chi connectivity index (χ3n) is 1.42. The molecule has 0 atom stereocenters. The van der Waals surface area contributed by atoms with Gasteiger partial charge in [0.2, 0.25) is 0 Å². The van der Waals surface area contributed by atoms with Crippen molar-refractivity contribution in [3.05, 3.63) is 29.8 Å². The molecule has 1 N–H and O–H groups in total. The fourth-order valence-electron chi connectivity index (χ4n) is 0.886. The highest BCUT2D eigenvalue weighted by Crippen LogP contribution is 1.92. The van der Waals surface area contributed by atoms with Gasteiger partial charge in [-0.25, -0.2) is 0 Å². The van der Waals surface area contributed by atoms with Gasteiger partial charge >= 0.3 is 0 Å². The highest BCUT2D eigenvalue weighted by atomic mass is 14.8. The zero-order valence-electron chi connectivity index (χ0n) is 6.09. The number of nitrogens with one attached hydrogen (secondary N) is 1. The first kappa shape index (κ1) is 7.35. The highest BCUT2D eigenvalue weighted by Gasteiger charge is 1.91. The summed E-state index contributed by atoms with van der Waals surface area (Å²) in [6, 6.07) is 7.86. The third kappa shape index (κ3) is 1.61. The van der Waals surface area contributed by atoms with Gasteiger partial charge in [-0.15, -0.1) is 0 Å². The normalized spacial score (nSPS) is 9.70. The molecule has 0 amide bonds. The van der Waals surface area contributed by atoms with E-state index < -0.39 is 0 Å². The first-order valence-electron chi connectivity index (χ1n) is 3.32. The summed E-state index contributed by atoms with van der Waals surface area (Å²) in [6.07, 6.45) is 0. The summed E-state index contributed by atoms with van der Waals surface area (Å²) in [7, 11) is 7.58. The second-order valence-corrected chi connectivity index (χ2v) is 2.23. The molecule has 0 fully saturated rings. The zero-order chi connectivity index (χ0) is 7.40. The molecule has 10 heavy (non-hydrogen) atoms. The lowest BCUT2D eigenvalue weighted by Gasteiger charge is -2.02. The van der Waals surface area contributed by atoms with Crippen molar-refractivity contribution in [2.45, 2.75) is 6.54 Å². The van der Waals surface area contributed by atoms with E-state index in [9.17, 15) is 0 Å². The van der Waals surface area contributed by atoms with E-state index in [0.29, 0.717) is 0 Å². The minimum absolute atomic E-state index is 0.840. The third-order valence-corrected chi connectivity index (χ3v) is 1.42. The van der Waals surface area contributed by atoms with Crippen LogP contribution in [0.5, 0.6) is 0 Å². The average Bonchev–Trinajstić information content (AvgIpc) is 1.94. The van der Waals surface area contributed by atoms with Crippen molar-refractivity contribution in [1.82, 2.24) is 5.32 Å². The molecule has 0 saturated heterocycles. The number of benzene rings is 1. The zero-order valence-corrected chi connectivity index (χ0v) is 6.09. The lowest BCUT2D eigenvalue weighted by molar-refractivity contribution is 0.822. The minimum Gasteiger partial charge on any atom is -0.316 e. The Bertz CT molecular complexity index is 210. The molecule has 0 heterocycles. The van der Waals surface area contributed by atoms with E-state index in [1.807, 2.05) is 31.3 Å². The Labute approximate surface area is 62.9 Å². The minimum atomic E-state index is 0.840. The predicted octanol–water partition coefficient (Wildman–Crippen LogP) is 0.200. The van der Waals surface area contributed by atoms with E-state index in [-0.39, 0.29) is 0 Å². The fourth-order valence-corrected chi connectivity index (χ4v) is 0.886. The Hall–Kier alpha value is -0.755. The van der Waals surface area contributed by atoms with Crippen LogP contribution in [0.2, 0.25) is 0 Å². The SMILES string of the molecule is [B]c1ccccc1CNC. The summed E-state index contributed by atoms with van der Waals surface area (Å²) < 4.78 is 0. The fraction of sp³-hybridized carbons (Fsp3) is 0.250. The van der Waals surface area contributed by atoms with Crippen molar-refractivity contribution >= 4 is 13.3 Å². The summed E-state index contributed by atoms with van der Waals surface area (Å²) in [5.41, 5.74) is 2.02. The molecule has 0 aliphatic rings. The van der Waals surface area contributed by atoms with E-state index >= 15 is 0 Å². The second-order valence-electron chi connectivity index (χ2n) is 2.23. The molecule has 2 radical (unpaired) electrons. The van der Waals surface area contributed by atoms with E-state index in [1.54, 1.807) is 0 Å². The monoisotopic (exact) mass is 131 g/mol. The van der Waals surface area contributed by atoms with Gasteiger partial charge in [0.1, 0.15) is 7.85 Å². The molecule has 0 aliphatic heterocycles. The molecule has 1 nitrogen and oxygen atoms in total. The van der Waals surface area contributed by atoms with Gasteiger partial charge in [-0.3, -0.25) is 0 Å². The Morgan fingerprint density at radius 1 is 1.40 bits per heavy atom. The Kier molecular flexibility index (Phi) is 2.52. The van der Waals surface area contributed by atoms with Gasteiger partial charge in [0.05, 0.1) is 0 Å². The van der Waals surface area contributed by atoms with Gasteiger partial charge in [-0.1, -0.05) is 29.7 Å². The molecular weight excluding hydrogens is 121 g/mol. The van der Waals surface area contributed by atoms with Crippen LogP contribution < -0.4 is 10.8 Å².